The maximum atomic E-state index is 11.1. The average Bonchev–Trinajstić information content (AvgIpc) is 2.66. The van der Waals surface area contributed by atoms with Gasteiger partial charge in [-0.1, -0.05) is 58.3 Å². The van der Waals surface area contributed by atoms with Crippen molar-refractivity contribution in [2.45, 2.75) is 114 Å². The van der Waals surface area contributed by atoms with Crippen LogP contribution < -0.4 is 34.9 Å². The Bertz CT molecular complexity index is 614. The Labute approximate surface area is 211 Å². The molecule has 1 rings (SSSR count). The second kappa shape index (κ2) is 15.5. The van der Waals surface area contributed by atoms with Crippen LogP contribution in [0.15, 0.2) is 0 Å². The summed E-state index contributed by atoms with van der Waals surface area (Å²) < 4.78 is 42.0. The summed E-state index contributed by atoms with van der Waals surface area (Å²) in [5.74, 6) is -3.32. The average molecular weight is 498 g/mol. The first kappa shape index (κ1) is 32.5. The van der Waals surface area contributed by atoms with Gasteiger partial charge < -0.3 is 39.9 Å². The van der Waals surface area contributed by atoms with Crippen molar-refractivity contribution in [1.82, 2.24) is 5.32 Å². The number of aliphatic hydroxyl groups is 6. The smallest absolute Gasteiger partial charge is 0.725 e. The molecule has 1 heterocycles. The fourth-order valence-electron chi connectivity index (χ4n) is 3.45. The molecular formula is C18H36NNaO11S. The number of nitrogens with one attached hydrogen (secondary N) is 1. The molecule has 7 atom stereocenters. The summed E-state index contributed by atoms with van der Waals surface area (Å²) in [5, 5.41) is 61.5. The minimum Gasteiger partial charge on any atom is -0.725 e. The molecule has 7 N–H and O–H groups in total. The molecule has 0 spiro atoms. The third-order valence-corrected chi connectivity index (χ3v) is 5.62. The van der Waals surface area contributed by atoms with Crippen LogP contribution in [0.2, 0.25) is 0 Å². The number of hydrogen-bond donors (Lipinski definition) is 7. The molecule has 0 bridgehead atoms. The fourth-order valence-corrected chi connectivity index (χ4v) is 3.91. The van der Waals surface area contributed by atoms with E-state index in [2.05, 4.69) is 11.1 Å². The van der Waals surface area contributed by atoms with Crippen molar-refractivity contribution in [2.75, 3.05) is 0 Å². The molecule has 3 unspecified atom stereocenters. The number of rotatable bonds is 15. The maximum absolute atomic E-state index is 11.1. The Morgan fingerprint density at radius 1 is 0.969 bits per heavy atom. The zero-order valence-corrected chi connectivity index (χ0v) is 21.5. The number of ether oxygens (including phenoxy) is 1. The van der Waals surface area contributed by atoms with Crippen LogP contribution in [0.4, 0.5) is 0 Å². The van der Waals surface area contributed by atoms with Gasteiger partial charge in [0.2, 0.25) is 10.4 Å². The summed E-state index contributed by atoms with van der Waals surface area (Å²) >= 11 is 0. The van der Waals surface area contributed by atoms with Crippen LogP contribution in [0.3, 0.4) is 0 Å². The van der Waals surface area contributed by atoms with Crippen LogP contribution in [0.5, 0.6) is 0 Å². The van der Waals surface area contributed by atoms with Gasteiger partial charge >= 0.3 is 29.6 Å². The first-order valence-electron chi connectivity index (χ1n) is 10.6. The van der Waals surface area contributed by atoms with Crippen LogP contribution >= 0.6 is 0 Å². The van der Waals surface area contributed by atoms with Gasteiger partial charge in [-0.05, 0) is 12.8 Å². The molecule has 1 saturated heterocycles. The molecule has 0 aliphatic carbocycles. The quantitative estimate of drug-likeness (QED) is 0.0377. The zero-order valence-electron chi connectivity index (χ0n) is 18.7. The van der Waals surface area contributed by atoms with E-state index in [-0.39, 0.29) is 36.0 Å². The second-order valence-electron chi connectivity index (χ2n) is 7.88. The van der Waals surface area contributed by atoms with E-state index in [1.54, 1.807) is 0 Å². The van der Waals surface area contributed by atoms with Gasteiger partial charge in [0.25, 0.3) is 5.91 Å². The zero-order chi connectivity index (χ0) is 23.7. The standard InChI is InChI=1S/C18H37NO11S.Na/c1-2-3-4-5-6-7-8-9-10-11-12(20)19-18(25,30-31(26,27)28)16-14(22)13(21)15(23)17(24)29-16;/h12-17,19-25H,2-11H2,1H3,(H,26,27,28);/q;+1/p-1/t12?,13-,14-,15+,16-,17?,18?;/m0./s1. The molecule has 186 valence electrons. The number of hydrogen-bond acceptors (Lipinski definition) is 12. The summed E-state index contributed by atoms with van der Waals surface area (Å²) in [6.07, 6.45) is -3.00. The summed E-state index contributed by atoms with van der Waals surface area (Å²) in [5.41, 5.74) is 0. The van der Waals surface area contributed by atoms with E-state index >= 15 is 0 Å². The molecule has 0 aromatic rings. The molecule has 0 saturated carbocycles. The second-order valence-corrected chi connectivity index (χ2v) is 8.87. The van der Waals surface area contributed by atoms with E-state index in [0.29, 0.717) is 6.42 Å². The van der Waals surface area contributed by atoms with Crippen molar-refractivity contribution >= 4 is 10.4 Å². The molecular weight excluding hydrogens is 461 g/mol. The normalized spacial score (nSPS) is 29.2. The van der Waals surface area contributed by atoms with Crippen molar-refractivity contribution in [3.05, 3.63) is 0 Å². The molecule has 0 amide bonds. The molecule has 0 aromatic heterocycles. The summed E-state index contributed by atoms with van der Waals surface area (Å²) in [7, 11) is -5.58. The van der Waals surface area contributed by atoms with E-state index < -0.39 is 53.2 Å². The first-order chi connectivity index (χ1) is 14.4. The van der Waals surface area contributed by atoms with Gasteiger partial charge in [-0.25, -0.2) is 17.9 Å². The van der Waals surface area contributed by atoms with Crippen LogP contribution in [0.25, 0.3) is 0 Å². The van der Waals surface area contributed by atoms with Gasteiger partial charge in [0.05, 0.1) is 0 Å². The van der Waals surface area contributed by atoms with Crippen LogP contribution in [0.1, 0.15) is 71.1 Å². The van der Waals surface area contributed by atoms with Gasteiger partial charge in [-0.3, -0.25) is 0 Å². The molecule has 1 aliphatic heterocycles. The molecule has 0 aromatic carbocycles. The van der Waals surface area contributed by atoms with E-state index in [4.69, 9.17) is 4.74 Å². The predicted molar refractivity (Wildman–Crippen MR) is 106 cm³/mol. The molecule has 32 heavy (non-hydrogen) atoms. The van der Waals surface area contributed by atoms with Gasteiger partial charge in [0.1, 0.15) is 24.5 Å². The minimum atomic E-state index is -5.58. The largest absolute Gasteiger partial charge is 1.00 e. The number of unbranched alkanes of at least 4 members (excludes halogenated alkanes) is 8. The maximum Gasteiger partial charge on any atom is 1.00 e. The molecule has 1 fully saturated rings. The Morgan fingerprint density at radius 3 is 1.97 bits per heavy atom. The van der Waals surface area contributed by atoms with E-state index in [9.17, 15) is 43.6 Å². The monoisotopic (exact) mass is 497 g/mol. The Morgan fingerprint density at radius 2 is 1.47 bits per heavy atom. The minimum absolute atomic E-state index is 0. The van der Waals surface area contributed by atoms with Gasteiger partial charge in [0, 0.05) is 0 Å². The van der Waals surface area contributed by atoms with Crippen molar-refractivity contribution in [3.63, 3.8) is 0 Å². The fraction of sp³-hybridized carbons (Fsp3) is 1.00. The molecule has 14 heteroatoms. The Kier molecular flexibility index (Phi) is 15.8. The van der Waals surface area contributed by atoms with Gasteiger partial charge in [-0.2, -0.15) is 0 Å². The van der Waals surface area contributed by atoms with Crippen LogP contribution in [-0.2, 0) is 19.3 Å². The molecule has 0 radical (unpaired) electrons. The Hall–Kier alpha value is 0.550. The molecule has 12 nitrogen and oxygen atoms in total. The van der Waals surface area contributed by atoms with E-state index in [1.807, 2.05) is 5.32 Å². The van der Waals surface area contributed by atoms with Gasteiger partial charge in [0.15, 0.2) is 12.4 Å². The van der Waals surface area contributed by atoms with E-state index in [1.165, 1.54) is 25.7 Å². The van der Waals surface area contributed by atoms with E-state index in [0.717, 1.165) is 25.7 Å². The summed E-state index contributed by atoms with van der Waals surface area (Å²) in [6, 6.07) is 0. The summed E-state index contributed by atoms with van der Waals surface area (Å²) in [4.78, 5) is 0. The Balaban J connectivity index is 0.00000961. The first-order valence-corrected chi connectivity index (χ1v) is 12.0. The van der Waals surface area contributed by atoms with Crippen molar-refractivity contribution in [1.29, 1.82) is 0 Å². The van der Waals surface area contributed by atoms with Gasteiger partial charge in [-0.15, -0.1) is 0 Å². The van der Waals surface area contributed by atoms with Crippen molar-refractivity contribution in [3.8, 4) is 0 Å². The topological polar surface area (TPSA) is 209 Å². The van der Waals surface area contributed by atoms with Crippen LogP contribution in [-0.4, -0.2) is 86.5 Å². The third-order valence-electron chi connectivity index (χ3n) is 5.16. The summed E-state index contributed by atoms with van der Waals surface area (Å²) in [6.45, 7) is 2.15. The van der Waals surface area contributed by atoms with Crippen molar-refractivity contribution < 1.29 is 82.1 Å². The third kappa shape index (κ3) is 11.3. The van der Waals surface area contributed by atoms with Crippen LogP contribution in [0, 0.1) is 0 Å². The SMILES string of the molecule is CCCCCCCCCCCC(O)NC(O)(OS(=O)(=O)[O-])[C@H]1OC(O)[C@H](O)[C@@H](O)[C@@H]1O.[Na+]. The van der Waals surface area contributed by atoms with Crippen molar-refractivity contribution in [2.24, 2.45) is 0 Å². The molecule has 1 aliphatic rings. The predicted octanol–water partition coefficient (Wildman–Crippen LogP) is -4.26. The number of aliphatic hydroxyl groups excluding tert-OH is 5.